The molecular formula is C13H22N2S2. The van der Waals surface area contributed by atoms with Gasteiger partial charge in [-0.3, -0.25) is 0 Å². The number of hydrogen-bond acceptors (Lipinski definition) is 3. The second-order valence-electron chi connectivity index (χ2n) is 5.69. The highest BCUT2D eigenvalue weighted by Crippen LogP contribution is 2.26. The van der Waals surface area contributed by atoms with Crippen molar-refractivity contribution in [1.29, 1.82) is 0 Å². The van der Waals surface area contributed by atoms with Crippen LogP contribution < -0.4 is 0 Å². The minimum absolute atomic E-state index is 0.255. The third kappa shape index (κ3) is 6.22. The van der Waals surface area contributed by atoms with Gasteiger partial charge in [-0.2, -0.15) is 0 Å². The van der Waals surface area contributed by atoms with E-state index >= 15 is 0 Å². The molecule has 1 aromatic heterocycles. The molecule has 96 valence electrons. The number of nitrogens with zero attached hydrogens (tertiary/aromatic N) is 1. The van der Waals surface area contributed by atoms with Crippen molar-refractivity contribution in [1.82, 2.24) is 9.97 Å². The summed E-state index contributed by atoms with van der Waals surface area (Å²) in [6.45, 7) is 11.1. The first-order chi connectivity index (χ1) is 7.76. The van der Waals surface area contributed by atoms with E-state index in [0.29, 0.717) is 10.6 Å². The average molecular weight is 270 g/mol. The van der Waals surface area contributed by atoms with Crippen molar-refractivity contribution < 1.29 is 0 Å². The molecule has 1 heterocycles. The molecule has 0 unspecified atom stereocenters. The van der Waals surface area contributed by atoms with Gasteiger partial charge in [0.2, 0.25) is 0 Å². The van der Waals surface area contributed by atoms with E-state index in [-0.39, 0.29) is 4.75 Å². The highest BCUT2D eigenvalue weighted by molar-refractivity contribution is 7.99. The molecule has 1 rings (SSSR count). The smallest absolute Gasteiger partial charge is 0.130 e. The first-order valence-corrected chi connectivity index (χ1v) is 7.39. The second-order valence-corrected chi connectivity index (χ2v) is 7.91. The molecule has 17 heavy (non-hydrogen) atoms. The Morgan fingerprint density at radius 3 is 2.59 bits per heavy atom. The van der Waals surface area contributed by atoms with Crippen molar-refractivity contribution in [2.75, 3.05) is 0 Å². The minimum Gasteiger partial charge on any atom is -0.346 e. The molecule has 0 spiro atoms. The fraction of sp³-hybridized carbons (Fsp3) is 0.692. The summed E-state index contributed by atoms with van der Waals surface area (Å²) in [6, 6.07) is 1.97. The van der Waals surface area contributed by atoms with Crippen LogP contribution in [-0.2, 0) is 12.2 Å². The van der Waals surface area contributed by atoms with Crippen molar-refractivity contribution in [3.05, 3.63) is 22.2 Å². The van der Waals surface area contributed by atoms with E-state index in [1.54, 1.807) is 0 Å². The summed E-state index contributed by atoms with van der Waals surface area (Å²) in [5.74, 6) is 2.51. The molecule has 0 aliphatic rings. The maximum absolute atomic E-state index is 5.21. The highest BCUT2D eigenvalue weighted by atomic mass is 32.2. The molecule has 0 amide bonds. The Labute approximate surface area is 114 Å². The van der Waals surface area contributed by atoms with Crippen LogP contribution in [-0.4, -0.2) is 14.7 Å². The Morgan fingerprint density at radius 1 is 1.41 bits per heavy atom. The van der Waals surface area contributed by atoms with E-state index in [2.05, 4.69) is 44.6 Å². The fourth-order valence-corrected chi connectivity index (χ4v) is 2.43. The second kappa shape index (κ2) is 6.01. The topological polar surface area (TPSA) is 28.7 Å². The highest BCUT2D eigenvalue weighted by Gasteiger charge is 2.11. The third-order valence-electron chi connectivity index (χ3n) is 2.12. The number of rotatable bonds is 4. The molecule has 1 N–H and O–H groups in total. The number of aromatic nitrogens is 2. The van der Waals surface area contributed by atoms with Gasteiger partial charge in [-0.1, -0.05) is 46.8 Å². The van der Waals surface area contributed by atoms with Crippen molar-refractivity contribution in [2.24, 2.45) is 5.92 Å². The van der Waals surface area contributed by atoms with Crippen LogP contribution in [0.15, 0.2) is 6.07 Å². The SMILES string of the molecule is CC(C)Cc1cc(=S)nc(CSC(C)(C)C)[nH]1. The van der Waals surface area contributed by atoms with Gasteiger partial charge in [0.15, 0.2) is 0 Å². The Bertz CT molecular complexity index is 416. The lowest BCUT2D eigenvalue weighted by Crippen LogP contribution is -2.09. The van der Waals surface area contributed by atoms with Crippen LogP contribution in [0, 0.1) is 10.6 Å². The maximum Gasteiger partial charge on any atom is 0.130 e. The molecule has 0 bridgehead atoms. The molecule has 0 atom stereocenters. The van der Waals surface area contributed by atoms with Crippen LogP contribution >= 0.6 is 24.0 Å². The standard InChI is InChI=1S/C13H22N2S2/c1-9(2)6-10-7-12(16)15-11(14-10)8-17-13(3,4)5/h7,9H,6,8H2,1-5H3,(H,14,15,16). The van der Waals surface area contributed by atoms with Gasteiger partial charge in [0.25, 0.3) is 0 Å². The first-order valence-electron chi connectivity index (χ1n) is 5.99. The molecular weight excluding hydrogens is 248 g/mol. The summed E-state index contributed by atoms with van der Waals surface area (Å²) in [7, 11) is 0. The zero-order valence-corrected chi connectivity index (χ0v) is 13.0. The monoisotopic (exact) mass is 270 g/mol. The average Bonchev–Trinajstić information content (AvgIpc) is 2.11. The van der Waals surface area contributed by atoms with E-state index in [9.17, 15) is 0 Å². The lowest BCUT2D eigenvalue weighted by molar-refractivity contribution is 0.631. The normalized spacial score (nSPS) is 12.1. The van der Waals surface area contributed by atoms with Gasteiger partial charge in [-0.25, -0.2) is 4.98 Å². The lowest BCUT2D eigenvalue weighted by atomic mass is 10.1. The number of H-pyrrole nitrogens is 1. The first kappa shape index (κ1) is 14.7. The molecule has 0 aromatic carbocycles. The number of aromatic amines is 1. The van der Waals surface area contributed by atoms with Gasteiger partial charge in [-0.05, 0) is 18.4 Å². The summed E-state index contributed by atoms with van der Waals surface area (Å²) in [6.07, 6.45) is 1.03. The molecule has 0 saturated heterocycles. The Morgan fingerprint density at radius 2 is 2.06 bits per heavy atom. The van der Waals surface area contributed by atoms with Gasteiger partial charge in [-0.15, -0.1) is 11.8 Å². The van der Waals surface area contributed by atoms with Crippen molar-refractivity contribution >= 4 is 24.0 Å². The summed E-state index contributed by atoms with van der Waals surface area (Å²) >= 11 is 7.09. The molecule has 4 heteroatoms. The minimum atomic E-state index is 0.255. The molecule has 2 nitrogen and oxygen atoms in total. The van der Waals surface area contributed by atoms with Gasteiger partial charge in [0, 0.05) is 10.4 Å². The van der Waals surface area contributed by atoms with Gasteiger partial charge in [0.1, 0.15) is 10.5 Å². The molecule has 1 aromatic rings. The van der Waals surface area contributed by atoms with Gasteiger partial charge < -0.3 is 4.98 Å². The van der Waals surface area contributed by atoms with Crippen LogP contribution in [0.5, 0.6) is 0 Å². The fourth-order valence-electron chi connectivity index (χ4n) is 1.47. The van der Waals surface area contributed by atoms with Crippen LogP contribution in [0.3, 0.4) is 0 Å². The quantitative estimate of drug-likeness (QED) is 0.824. The van der Waals surface area contributed by atoms with Gasteiger partial charge in [0.05, 0.1) is 5.75 Å². The Kier molecular flexibility index (Phi) is 5.20. The summed E-state index contributed by atoms with van der Waals surface area (Å²) in [5, 5.41) is 0. The largest absolute Gasteiger partial charge is 0.346 e. The summed E-state index contributed by atoms with van der Waals surface area (Å²) < 4.78 is 0.953. The zero-order valence-electron chi connectivity index (χ0n) is 11.3. The van der Waals surface area contributed by atoms with E-state index in [1.165, 1.54) is 5.69 Å². The van der Waals surface area contributed by atoms with E-state index in [4.69, 9.17) is 12.2 Å². The molecule has 0 saturated carbocycles. The van der Waals surface area contributed by atoms with E-state index in [0.717, 1.165) is 18.0 Å². The van der Waals surface area contributed by atoms with Gasteiger partial charge >= 0.3 is 0 Å². The third-order valence-corrected chi connectivity index (χ3v) is 3.61. The summed E-state index contributed by atoms with van der Waals surface area (Å²) in [5.41, 5.74) is 1.20. The molecule has 0 aliphatic carbocycles. The van der Waals surface area contributed by atoms with Crippen LogP contribution in [0.25, 0.3) is 0 Å². The van der Waals surface area contributed by atoms with E-state index in [1.807, 2.05) is 17.8 Å². The number of nitrogens with one attached hydrogen (secondary N) is 1. The Hall–Kier alpha value is -0.350. The van der Waals surface area contributed by atoms with Crippen LogP contribution in [0.2, 0.25) is 0 Å². The maximum atomic E-state index is 5.21. The predicted molar refractivity (Wildman–Crippen MR) is 79.0 cm³/mol. The summed E-state index contributed by atoms with van der Waals surface area (Å²) in [4.78, 5) is 7.77. The zero-order chi connectivity index (χ0) is 13.1. The lowest BCUT2D eigenvalue weighted by Gasteiger charge is -2.17. The van der Waals surface area contributed by atoms with Crippen molar-refractivity contribution in [3.63, 3.8) is 0 Å². The van der Waals surface area contributed by atoms with Crippen LogP contribution in [0.1, 0.15) is 46.1 Å². The number of hydrogen-bond donors (Lipinski definition) is 1. The molecule has 0 aliphatic heterocycles. The van der Waals surface area contributed by atoms with Crippen molar-refractivity contribution in [2.45, 2.75) is 51.5 Å². The number of thioether (sulfide) groups is 1. The van der Waals surface area contributed by atoms with Crippen molar-refractivity contribution in [3.8, 4) is 0 Å². The molecule has 0 fully saturated rings. The predicted octanol–water partition coefficient (Wildman–Crippen LogP) is 4.37. The van der Waals surface area contributed by atoms with Crippen LogP contribution in [0.4, 0.5) is 0 Å². The van der Waals surface area contributed by atoms with E-state index < -0.39 is 0 Å². The molecule has 0 radical (unpaired) electrons. The Balaban J connectivity index is 2.79.